The molecule has 0 bridgehead atoms. The zero-order valence-electron chi connectivity index (χ0n) is 12.7. The van der Waals surface area contributed by atoms with E-state index in [4.69, 9.17) is 4.74 Å². The van der Waals surface area contributed by atoms with E-state index in [9.17, 15) is 10.1 Å². The van der Waals surface area contributed by atoms with Crippen molar-refractivity contribution in [3.8, 4) is 6.07 Å². The lowest BCUT2D eigenvalue weighted by atomic mass is 9.92. The summed E-state index contributed by atoms with van der Waals surface area (Å²) < 4.78 is 5.29. The van der Waals surface area contributed by atoms with Crippen LogP contribution in [0, 0.1) is 11.3 Å². The van der Waals surface area contributed by atoms with Crippen LogP contribution in [0.4, 0.5) is 0 Å². The van der Waals surface area contributed by atoms with Crippen LogP contribution in [0.1, 0.15) is 25.3 Å². The number of likely N-dealkylation sites (N-methyl/N-ethyl adjacent to an activating group) is 1. The van der Waals surface area contributed by atoms with Crippen molar-refractivity contribution in [2.24, 2.45) is 0 Å². The highest BCUT2D eigenvalue weighted by Crippen LogP contribution is 2.25. The van der Waals surface area contributed by atoms with Crippen LogP contribution in [0.3, 0.4) is 0 Å². The Hall–Kier alpha value is -1.86. The number of nitriles is 1. The number of hydrogen-bond donors (Lipinski definition) is 0. The molecule has 1 aromatic carbocycles. The first-order valence-electron chi connectivity index (χ1n) is 6.85. The Balaban J connectivity index is 2.89. The van der Waals surface area contributed by atoms with Crippen LogP contribution in [-0.2, 0) is 9.53 Å². The molecule has 0 saturated heterocycles. The van der Waals surface area contributed by atoms with Crippen LogP contribution < -0.4 is 0 Å². The number of nitrogens with zero attached hydrogens (tertiary/aromatic N) is 2. The van der Waals surface area contributed by atoms with Crippen LogP contribution in [0.5, 0.6) is 0 Å². The fourth-order valence-electron chi connectivity index (χ4n) is 2.45. The first-order chi connectivity index (χ1) is 9.42. The van der Waals surface area contributed by atoms with Gasteiger partial charge in [-0.15, -0.1) is 0 Å². The fraction of sp³-hybridized carbons (Fsp3) is 0.500. The molecule has 2 atom stereocenters. The van der Waals surface area contributed by atoms with Crippen molar-refractivity contribution in [1.29, 1.82) is 5.26 Å². The van der Waals surface area contributed by atoms with Crippen LogP contribution in [0.15, 0.2) is 30.3 Å². The minimum atomic E-state index is -0.304. The van der Waals surface area contributed by atoms with E-state index in [1.165, 1.54) is 0 Å². The third kappa shape index (κ3) is 4.07. The number of rotatable bonds is 6. The van der Waals surface area contributed by atoms with Gasteiger partial charge in [0.2, 0.25) is 0 Å². The van der Waals surface area contributed by atoms with Gasteiger partial charge in [-0.1, -0.05) is 37.3 Å². The lowest BCUT2D eigenvalue weighted by Gasteiger charge is -2.36. The van der Waals surface area contributed by atoms with Crippen LogP contribution in [-0.4, -0.2) is 43.7 Å². The molecular formula is C16H23N2O2+. The molecule has 0 fully saturated rings. The van der Waals surface area contributed by atoms with Crippen molar-refractivity contribution in [2.75, 3.05) is 27.2 Å². The summed E-state index contributed by atoms with van der Waals surface area (Å²) in [6.45, 7) is 4.37. The van der Waals surface area contributed by atoms with Gasteiger partial charge in [-0.25, -0.2) is 4.79 Å². The smallest absolute Gasteiger partial charge is 0.361 e. The van der Waals surface area contributed by atoms with Crippen LogP contribution in [0.2, 0.25) is 0 Å². The minimum absolute atomic E-state index is 0.0469. The summed E-state index contributed by atoms with van der Waals surface area (Å²) in [5.74, 6) is -0.219. The number of quaternary nitrogens is 1. The molecular weight excluding hydrogens is 252 g/mol. The number of hydrogen-bond acceptors (Lipinski definition) is 3. The quantitative estimate of drug-likeness (QED) is 0.591. The van der Waals surface area contributed by atoms with Gasteiger partial charge in [0.1, 0.15) is 6.07 Å². The van der Waals surface area contributed by atoms with Gasteiger partial charge in [0.25, 0.3) is 0 Å². The molecule has 1 rings (SSSR count). The molecule has 0 aliphatic carbocycles. The normalized spacial score (nSPS) is 14.2. The summed E-state index contributed by atoms with van der Waals surface area (Å²) in [5.41, 5.74) is 1.11. The number of esters is 1. The van der Waals surface area contributed by atoms with Gasteiger partial charge in [-0.3, -0.25) is 0 Å². The van der Waals surface area contributed by atoms with Gasteiger partial charge in [-0.2, -0.15) is 5.26 Å². The zero-order valence-corrected chi connectivity index (χ0v) is 12.7. The monoisotopic (exact) mass is 275 g/mol. The van der Waals surface area contributed by atoms with Crippen molar-refractivity contribution in [2.45, 2.75) is 25.8 Å². The van der Waals surface area contributed by atoms with Crippen molar-refractivity contribution in [3.05, 3.63) is 35.9 Å². The highest BCUT2D eigenvalue weighted by Gasteiger charge is 2.36. The van der Waals surface area contributed by atoms with Gasteiger partial charge in [0, 0.05) is 5.92 Å². The first kappa shape index (κ1) is 16.2. The lowest BCUT2D eigenvalue weighted by molar-refractivity contribution is -0.901. The molecule has 0 spiro atoms. The van der Waals surface area contributed by atoms with E-state index >= 15 is 0 Å². The lowest BCUT2D eigenvalue weighted by Crippen LogP contribution is -2.53. The highest BCUT2D eigenvalue weighted by atomic mass is 16.5. The number of ether oxygens (including phenoxy) is 1. The topological polar surface area (TPSA) is 50.1 Å². The van der Waals surface area contributed by atoms with E-state index in [0.717, 1.165) is 5.56 Å². The van der Waals surface area contributed by atoms with E-state index in [1.807, 2.05) is 51.4 Å². The molecule has 4 nitrogen and oxygen atoms in total. The summed E-state index contributed by atoms with van der Waals surface area (Å²) in [5, 5.41) is 9.52. The highest BCUT2D eigenvalue weighted by molar-refractivity contribution is 5.70. The molecule has 0 saturated carbocycles. The number of carbonyl (C=O) groups is 1. The Morgan fingerprint density at radius 3 is 2.45 bits per heavy atom. The van der Waals surface area contributed by atoms with Gasteiger partial charge in [0.15, 0.2) is 12.6 Å². The second kappa shape index (κ2) is 7.06. The Labute approximate surface area is 121 Å². The predicted molar refractivity (Wildman–Crippen MR) is 77.9 cm³/mol. The average Bonchev–Trinajstić information content (AvgIpc) is 2.39. The number of benzene rings is 1. The standard InChI is InChI=1S/C16H23N2O2/c1-5-20-16(19)12-18(3,4)15(11-17)13(2)14-9-7-6-8-10-14/h6-10,13,15H,5,12H2,1-4H3/q+1/t13-,15-/m0/s1. The van der Waals surface area contributed by atoms with Gasteiger partial charge in [-0.05, 0) is 12.5 Å². The largest absolute Gasteiger partial charge is 0.462 e. The molecule has 0 aliphatic heterocycles. The second-order valence-electron chi connectivity index (χ2n) is 5.52. The van der Waals surface area contributed by atoms with E-state index in [2.05, 4.69) is 6.07 Å². The molecule has 0 aromatic heterocycles. The molecule has 108 valence electrons. The summed E-state index contributed by atoms with van der Waals surface area (Å²) in [7, 11) is 3.79. The summed E-state index contributed by atoms with van der Waals surface area (Å²) in [6, 6.07) is 12.0. The summed E-state index contributed by atoms with van der Waals surface area (Å²) in [4.78, 5) is 11.7. The number of carbonyl (C=O) groups excluding carboxylic acids is 1. The van der Waals surface area contributed by atoms with E-state index in [0.29, 0.717) is 11.1 Å². The van der Waals surface area contributed by atoms with Crippen molar-refractivity contribution >= 4 is 5.97 Å². The van der Waals surface area contributed by atoms with E-state index < -0.39 is 0 Å². The molecule has 0 radical (unpaired) electrons. The van der Waals surface area contributed by atoms with Crippen LogP contribution >= 0.6 is 0 Å². The Kier molecular flexibility index (Phi) is 5.72. The molecule has 0 unspecified atom stereocenters. The molecule has 20 heavy (non-hydrogen) atoms. The van der Waals surface area contributed by atoms with E-state index in [1.54, 1.807) is 6.92 Å². The first-order valence-corrected chi connectivity index (χ1v) is 6.85. The Bertz CT molecular complexity index is 477. The van der Waals surface area contributed by atoms with Crippen molar-refractivity contribution < 1.29 is 14.0 Å². The van der Waals surface area contributed by atoms with Crippen molar-refractivity contribution in [1.82, 2.24) is 0 Å². The Morgan fingerprint density at radius 1 is 1.35 bits per heavy atom. The predicted octanol–water partition coefficient (Wildman–Crippen LogP) is 2.32. The maximum absolute atomic E-state index is 11.7. The Morgan fingerprint density at radius 2 is 1.95 bits per heavy atom. The molecule has 0 N–H and O–H groups in total. The van der Waals surface area contributed by atoms with Crippen LogP contribution in [0.25, 0.3) is 0 Å². The van der Waals surface area contributed by atoms with Gasteiger partial charge >= 0.3 is 5.97 Å². The maximum Gasteiger partial charge on any atom is 0.361 e. The third-order valence-corrected chi connectivity index (χ3v) is 3.53. The maximum atomic E-state index is 11.7. The summed E-state index contributed by atoms with van der Waals surface area (Å²) in [6.07, 6.45) is 0. The third-order valence-electron chi connectivity index (χ3n) is 3.53. The average molecular weight is 275 g/mol. The zero-order chi connectivity index (χ0) is 15.2. The minimum Gasteiger partial charge on any atom is -0.462 e. The summed E-state index contributed by atoms with van der Waals surface area (Å²) >= 11 is 0. The molecule has 0 aliphatic rings. The van der Waals surface area contributed by atoms with Gasteiger partial charge < -0.3 is 9.22 Å². The SMILES string of the molecule is CCOC(=O)C[N+](C)(C)[C@@H](C#N)[C@@H](C)c1ccccc1. The van der Waals surface area contributed by atoms with Gasteiger partial charge in [0.05, 0.1) is 20.7 Å². The molecule has 4 heteroatoms. The van der Waals surface area contributed by atoms with E-state index in [-0.39, 0.29) is 24.5 Å². The fourth-order valence-corrected chi connectivity index (χ4v) is 2.45. The molecule has 0 heterocycles. The molecule has 0 amide bonds. The molecule has 1 aromatic rings. The second-order valence-corrected chi connectivity index (χ2v) is 5.52. The van der Waals surface area contributed by atoms with Crippen molar-refractivity contribution in [3.63, 3.8) is 0 Å².